The van der Waals surface area contributed by atoms with E-state index in [4.69, 9.17) is 0 Å². The fraction of sp³-hybridized carbons (Fsp3) is 0.400. The Morgan fingerprint density at radius 3 is 1.92 bits per heavy atom. The van der Waals surface area contributed by atoms with Crippen molar-refractivity contribution in [2.24, 2.45) is 5.73 Å². The molecule has 0 radical (unpaired) electrons. The summed E-state index contributed by atoms with van der Waals surface area (Å²) in [6.45, 7) is 2.24. The average molecular weight is 164 g/mol. The molecule has 0 spiro atoms. The van der Waals surface area contributed by atoms with E-state index in [-0.39, 0.29) is 0 Å². The maximum Gasteiger partial charge on any atom is 0.0237 e. The van der Waals surface area contributed by atoms with Gasteiger partial charge >= 0.3 is 0 Å². The predicted molar refractivity (Wildman–Crippen MR) is 51.7 cm³/mol. The molecule has 2 rings (SSSR count). The second-order valence-corrected chi connectivity index (χ2v) is 2.94. The van der Waals surface area contributed by atoms with Crippen LogP contribution >= 0.6 is 0 Å². The standard InChI is InChI=1S/C9H11N.CH5N/c1-10-6-8-4-2-3-5-9(8)7-10;1-2/h2-5H,6-7H2,1H3;2H2,1H3. The van der Waals surface area contributed by atoms with Crippen LogP contribution in [0.5, 0.6) is 0 Å². The topological polar surface area (TPSA) is 29.3 Å². The van der Waals surface area contributed by atoms with Crippen molar-refractivity contribution in [3.05, 3.63) is 35.4 Å². The summed E-state index contributed by atoms with van der Waals surface area (Å²) in [4.78, 5) is 2.32. The van der Waals surface area contributed by atoms with E-state index >= 15 is 0 Å². The molecule has 1 aromatic carbocycles. The molecule has 1 aliphatic heterocycles. The van der Waals surface area contributed by atoms with Gasteiger partial charge in [0.25, 0.3) is 0 Å². The Morgan fingerprint density at radius 2 is 1.50 bits per heavy atom. The summed E-state index contributed by atoms with van der Waals surface area (Å²) >= 11 is 0. The third-order valence-corrected chi connectivity index (χ3v) is 2.00. The zero-order valence-corrected chi connectivity index (χ0v) is 7.75. The van der Waals surface area contributed by atoms with Crippen LogP contribution in [0.3, 0.4) is 0 Å². The van der Waals surface area contributed by atoms with Crippen molar-refractivity contribution in [1.82, 2.24) is 4.90 Å². The van der Waals surface area contributed by atoms with Gasteiger partial charge in [0, 0.05) is 13.1 Å². The van der Waals surface area contributed by atoms with Gasteiger partial charge in [0.05, 0.1) is 0 Å². The van der Waals surface area contributed by atoms with Gasteiger partial charge in [-0.3, -0.25) is 4.90 Å². The van der Waals surface area contributed by atoms with Crippen LogP contribution in [-0.4, -0.2) is 19.0 Å². The molecule has 1 heterocycles. The molecule has 0 unspecified atom stereocenters. The Labute approximate surface area is 74.0 Å². The van der Waals surface area contributed by atoms with Crippen molar-refractivity contribution >= 4 is 0 Å². The Balaban J connectivity index is 0.000000336. The molecule has 0 fully saturated rings. The van der Waals surface area contributed by atoms with Crippen molar-refractivity contribution in [2.45, 2.75) is 13.1 Å². The number of benzene rings is 1. The molecule has 0 bridgehead atoms. The summed E-state index contributed by atoms with van der Waals surface area (Å²) in [5, 5.41) is 0. The summed E-state index contributed by atoms with van der Waals surface area (Å²) in [5.41, 5.74) is 7.48. The van der Waals surface area contributed by atoms with Gasteiger partial charge in [-0.05, 0) is 25.2 Å². The molecule has 0 amide bonds. The van der Waals surface area contributed by atoms with Gasteiger partial charge in [-0.1, -0.05) is 24.3 Å². The van der Waals surface area contributed by atoms with E-state index in [1.165, 1.54) is 18.2 Å². The highest BCUT2D eigenvalue weighted by Gasteiger charge is 2.12. The first-order valence-corrected chi connectivity index (χ1v) is 4.19. The predicted octanol–water partition coefficient (Wildman–Crippen LogP) is 1.21. The molecule has 0 saturated heterocycles. The van der Waals surface area contributed by atoms with Crippen molar-refractivity contribution in [2.75, 3.05) is 14.1 Å². The largest absolute Gasteiger partial charge is 0.333 e. The number of hydrogen-bond donors (Lipinski definition) is 1. The van der Waals surface area contributed by atoms with Gasteiger partial charge in [-0.15, -0.1) is 0 Å². The number of hydrogen-bond acceptors (Lipinski definition) is 2. The molecular weight excluding hydrogens is 148 g/mol. The molecule has 12 heavy (non-hydrogen) atoms. The Kier molecular flexibility index (Phi) is 3.26. The van der Waals surface area contributed by atoms with Crippen molar-refractivity contribution in [3.8, 4) is 0 Å². The van der Waals surface area contributed by atoms with E-state index < -0.39 is 0 Å². The van der Waals surface area contributed by atoms with E-state index in [2.05, 4.69) is 41.9 Å². The minimum atomic E-state index is 1.12. The lowest BCUT2D eigenvalue weighted by Gasteiger charge is -2.02. The normalized spacial score (nSPS) is 14.9. The molecule has 0 aliphatic carbocycles. The number of rotatable bonds is 0. The molecule has 0 aromatic heterocycles. The molecule has 2 N–H and O–H groups in total. The van der Waals surface area contributed by atoms with Gasteiger partial charge in [0.15, 0.2) is 0 Å². The van der Waals surface area contributed by atoms with Gasteiger partial charge in [0.2, 0.25) is 0 Å². The van der Waals surface area contributed by atoms with Gasteiger partial charge in [0.1, 0.15) is 0 Å². The molecule has 2 nitrogen and oxygen atoms in total. The van der Waals surface area contributed by atoms with Crippen molar-refractivity contribution < 1.29 is 0 Å². The lowest BCUT2D eigenvalue weighted by Crippen LogP contribution is -2.07. The van der Waals surface area contributed by atoms with Crippen LogP contribution < -0.4 is 5.73 Å². The number of nitrogens with two attached hydrogens (primary N) is 1. The SMILES string of the molecule is CN.CN1Cc2ccccc2C1. The third kappa shape index (κ3) is 1.84. The van der Waals surface area contributed by atoms with E-state index in [0.29, 0.717) is 0 Å². The highest BCUT2D eigenvalue weighted by Crippen LogP contribution is 2.19. The summed E-state index contributed by atoms with van der Waals surface area (Å²) in [6.07, 6.45) is 0. The molecule has 0 saturated carbocycles. The summed E-state index contributed by atoms with van der Waals surface area (Å²) in [5.74, 6) is 0. The van der Waals surface area contributed by atoms with E-state index in [0.717, 1.165) is 13.1 Å². The van der Waals surface area contributed by atoms with E-state index in [1.807, 2.05) is 0 Å². The van der Waals surface area contributed by atoms with Crippen molar-refractivity contribution in [3.63, 3.8) is 0 Å². The number of nitrogens with zero attached hydrogens (tertiary/aromatic N) is 1. The summed E-state index contributed by atoms with van der Waals surface area (Å²) < 4.78 is 0. The smallest absolute Gasteiger partial charge is 0.0237 e. The van der Waals surface area contributed by atoms with E-state index in [1.54, 1.807) is 0 Å². The van der Waals surface area contributed by atoms with Crippen LogP contribution in [0.1, 0.15) is 11.1 Å². The van der Waals surface area contributed by atoms with Crippen LogP contribution in [0, 0.1) is 0 Å². The Bertz CT molecular complexity index is 220. The highest BCUT2D eigenvalue weighted by atomic mass is 15.1. The lowest BCUT2D eigenvalue weighted by atomic mass is 10.1. The molecule has 1 aromatic rings. The minimum Gasteiger partial charge on any atom is -0.333 e. The molecule has 1 aliphatic rings. The number of fused-ring (bicyclic) bond motifs is 1. The third-order valence-electron chi connectivity index (χ3n) is 2.00. The molecule has 2 heteroatoms. The first kappa shape index (κ1) is 9.23. The second-order valence-electron chi connectivity index (χ2n) is 2.94. The first-order valence-electron chi connectivity index (χ1n) is 4.19. The van der Waals surface area contributed by atoms with Crippen LogP contribution in [0.15, 0.2) is 24.3 Å². The Hall–Kier alpha value is -0.860. The zero-order chi connectivity index (χ0) is 8.97. The van der Waals surface area contributed by atoms with Gasteiger partial charge in [-0.2, -0.15) is 0 Å². The maximum absolute atomic E-state index is 4.50. The average Bonchev–Trinajstić information content (AvgIpc) is 2.48. The molecular formula is C10H16N2. The molecule has 0 atom stereocenters. The summed E-state index contributed by atoms with van der Waals surface area (Å²) in [6, 6.07) is 8.63. The first-order chi connectivity index (χ1) is 5.86. The Morgan fingerprint density at radius 1 is 1.08 bits per heavy atom. The molecule has 66 valence electrons. The zero-order valence-electron chi connectivity index (χ0n) is 7.75. The quantitative estimate of drug-likeness (QED) is 0.624. The van der Waals surface area contributed by atoms with Crippen LogP contribution in [0.4, 0.5) is 0 Å². The van der Waals surface area contributed by atoms with Crippen LogP contribution in [0.25, 0.3) is 0 Å². The van der Waals surface area contributed by atoms with Crippen LogP contribution in [0.2, 0.25) is 0 Å². The van der Waals surface area contributed by atoms with Gasteiger partial charge < -0.3 is 5.73 Å². The monoisotopic (exact) mass is 164 g/mol. The minimum absolute atomic E-state index is 1.12. The summed E-state index contributed by atoms with van der Waals surface area (Å²) in [7, 11) is 3.65. The fourth-order valence-electron chi connectivity index (χ4n) is 1.50. The van der Waals surface area contributed by atoms with Crippen LogP contribution in [-0.2, 0) is 13.1 Å². The van der Waals surface area contributed by atoms with E-state index in [9.17, 15) is 0 Å². The lowest BCUT2D eigenvalue weighted by molar-refractivity contribution is 0.353. The fourth-order valence-corrected chi connectivity index (χ4v) is 1.50. The van der Waals surface area contributed by atoms with Crippen molar-refractivity contribution in [1.29, 1.82) is 0 Å². The highest BCUT2D eigenvalue weighted by molar-refractivity contribution is 5.29. The second kappa shape index (κ2) is 4.24. The van der Waals surface area contributed by atoms with Gasteiger partial charge in [-0.25, -0.2) is 0 Å². The maximum atomic E-state index is 4.50.